The first-order chi connectivity index (χ1) is 6.26. The molecule has 2 rings (SSSR count). The third-order valence-corrected chi connectivity index (χ3v) is 3.00. The summed E-state index contributed by atoms with van der Waals surface area (Å²) in [6.45, 7) is 0.174. The van der Waals surface area contributed by atoms with Crippen LogP contribution in [0.5, 0.6) is 0 Å². The molecule has 1 fully saturated rings. The molecular formula is C8H10IN3O. The van der Waals surface area contributed by atoms with Crippen LogP contribution in [0.15, 0.2) is 12.5 Å². The normalized spacial score (nSPS) is 18.3. The quantitative estimate of drug-likeness (QED) is 0.816. The zero-order valence-corrected chi connectivity index (χ0v) is 9.15. The van der Waals surface area contributed by atoms with Crippen LogP contribution in [0.2, 0.25) is 0 Å². The fourth-order valence-corrected chi connectivity index (χ4v) is 1.56. The molecule has 1 aromatic rings. The van der Waals surface area contributed by atoms with Gasteiger partial charge in [0.15, 0.2) is 0 Å². The minimum Gasteiger partial charge on any atom is -0.394 e. The zero-order valence-electron chi connectivity index (χ0n) is 7.00. The van der Waals surface area contributed by atoms with Crippen molar-refractivity contribution in [3.05, 3.63) is 16.1 Å². The lowest BCUT2D eigenvalue weighted by Crippen LogP contribution is -2.26. The van der Waals surface area contributed by atoms with Crippen molar-refractivity contribution in [2.45, 2.75) is 18.4 Å². The summed E-state index contributed by atoms with van der Waals surface area (Å²) in [5.41, 5.74) is -0.103. The summed E-state index contributed by atoms with van der Waals surface area (Å²) in [6.07, 6.45) is 5.30. The van der Waals surface area contributed by atoms with Gasteiger partial charge in [-0.2, -0.15) is 0 Å². The lowest BCUT2D eigenvalue weighted by atomic mass is 10.3. The smallest absolute Gasteiger partial charge is 0.143 e. The summed E-state index contributed by atoms with van der Waals surface area (Å²) in [6, 6.07) is 0. The number of anilines is 1. The Morgan fingerprint density at radius 2 is 2.38 bits per heavy atom. The topological polar surface area (TPSA) is 58.0 Å². The Hall–Kier alpha value is -0.430. The molecule has 2 N–H and O–H groups in total. The predicted molar refractivity (Wildman–Crippen MR) is 57.4 cm³/mol. The maximum Gasteiger partial charge on any atom is 0.143 e. The van der Waals surface area contributed by atoms with Crippen molar-refractivity contribution < 1.29 is 5.11 Å². The van der Waals surface area contributed by atoms with Crippen molar-refractivity contribution in [1.29, 1.82) is 0 Å². The summed E-state index contributed by atoms with van der Waals surface area (Å²) in [7, 11) is 0. The molecule has 13 heavy (non-hydrogen) atoms. The molecule has 1 saturated carbocycles. The maximum atomic E-state index is 9.10. The van der Waals surface area contributed by atoms with Gasteiger partial charge in [-0.15, -0.1) is 0 Å². The van der Waals surface area contributed by atoms with Crippen LogP contribution >= 0.6 is 22.6 Å². The Bertz CT molecular complexity index is 314. The third-order valence-electron chi connectivity index (χ3n) is 2.21. The van der Waals surface area contributed by atoms with Crippen LogP contribution in [0, 0.1) is 3.57 Å². The minimum absolute atomic E-state index is 0.103. The first-order valence-electron chi connectivity index (χ1n) is 4.10. The molecule has 5 heteroatoms. The van der Waals surface area contributed by atoms with E-state index >= 15 is 0 Å². The summed E-state index contributed by atoms with van der Waals surface area (Å²) in [5.74, 6) is 0.821. The molecule has 0 saturated heterocycles. The Labute approximate surface area is 89.9 Å². The van der Waals surface area contributed by atoms with E-state index in [4.69, 9.17) is 5.11 Å². The monoisotopic (exact) mass is 291 g/mol. The first-order valence-corrected chi connectivity index (χ1v) is 5.18. The van der Waals surface area contributed by atoms with Gasteiger partial charge < -0.3 is 10.4 Å². The van der Waals surface area contributed by atoms with Crippen molar-refractivity contribution in [3.8, 4) is 0 Å². The predicted octanol–water partition coefficient (Wildman–Crippen LogP) is 1.02. The molecule has 70 valence electrons. The highest BCUT2D eigenvalue weighted by Gasteiger charge is 2.42. The molecule has 0 bridgehead atoms. The highest BCUT2D eigenvalue weighted by molar-refractivity contribution is 14.1. The molecule has 1 aromatic heterocycles. The molecule has 1 heterocycles. The second kappa shape index (κ2) is 3.38. The molecule has 0 radical (unpaired) electrons. The number of aliphatic hydroxyl groups is 1. The first kappa shape index (κ1) is 9.14. The Morgan fingerprint density at radius 1 is 1.62 bits per heavy atom. The second-order valence-electron chi connectivity index (χ2n) is 3.28. The number of nitrogens with one attached hydrogen (secondary N) is 1. The van der Waals surface area contributed by atoms with Crippen LogP contribution in [-0.2, 0) is 0 Å². The van der Waals surface area contributed by atoms with Gasteiger partial charge in [-0.1, -0.05) is 0 Å². The minimum atomic E-state index is -0.103. The van der Waals surface area contributed by atoms with Crippen molar-refractivity contribution in [2.75, 3.05) is 11.9 Å². The number of aromatic nitrogens is 2. The van der Waals surface area contributed by atoms with Gasteiger partial charge in [0.1, 0.15) is 12.1 Å². The summed E-state index contributed by atoms with van der Waals surface area (Å²) in [4.78, 5) is 8.01. The lowest BCUT2D eigenvalue weighted by Gasteiger charge is -2.15. The van der Waals surface area contributed by atoms with Gasteiger partial charge in [-0.05, 0) is 35.4 Å². The van der Waals surface area contributed by atoms with Crippen LogP contribution in [0.25, 0.3) is 0 Å². The third kappa shape index (κ3) is 1.91. The molecular weight excluding hydrogens is 281 g/mol. The van der Waals surface area contributed by atoms with Crippen LogP contribution in [0.1, 0.15) is 12.8 Å². The van der Waals surface area contributed by atoms with Crippen molar-refractivity contribution in [1.82, 2.24) is 9.97 Å². The van der Waals surface area contributed by atoms with Gasteiger partial charge in [0.2, 0.25) is 0 Å². The zero-order chi connectivity index (χ0) is 9.31. The van der Waals surface area contributed by atoms with Crippen LogP contribution in [-0.4, -0.2) is 27.2 Å². The molecule has 0 amide bonds. The highest BCUT2D eigenvalue weighted by Crippen LogP contribution is 2.38. The Morgan fingerprint density at radius 3 is 2.92 bits per heavy atom. The number of aliphatic hydroxyl groups excluding tert-OH is 1. The molecule has 0 unspecified atom stereocenters. The molecule has 0 aliphatic heterocycles. The van der Waals surface area contributed by atoms with E-state index in [1.807, 2.05) is 0 Å². The van der Waals surface area contributed by atoms with Crippen LogP contribution in [0.3, 0.4) is 0 Å². The van der Waals surface area contributed by atoms with E-state index in [1.54, 1.807) is 6.20 Å². The number of halogens is 1. The van der Waals surface area contributed by atoms with Crippen LogP contribution in [0.4, 0.5) is 5.82 Å². The number of hydrogen-bond donors (Lipinski definition) is 2. The standard InChI is InChI=1S/C8H10IN3O/c9-6-3-10-5-11-7(6)12-8(4-13)1-2-8/h3,5,13H,1-2,4H2,(H,10,11,12). The molecule has 0 aromatic carbocycles. The van der Waals surface area contributed by atoms with Gasteiger partial charge in [-0.3, -0.25) is 0 Å². The van der Waals surface area contributed by atoms with Gasteiger partial charge in [-0.25, -0.2) is 9.97 Å². The van der Waals surface area contributed by atoms with Gasteiger partial charge in [0.05, 0.1) is 15.7 Å². The Balaban J connectivity index is 2.14. The summed E-state index contributed by atoms with van der Waals surface area (Å²) in [5, 5.41) is 12.3. The lowest BCUT2D eigenvalue weighted by molar-refractivity contribution is 0.266. The summed E-state index contributed by atoms with van der Waals surface area (Å²) < 4.78 is 0.986. The molecule has 0 spiro atoms. The molecule has 1 aliphatic carbocycles. The van der Waals surface area contributed by atoms with E-state index < -0.39 is 0 Å². The largest absolute Gasteiger partial charge is 0.394 e. The van der Waals surface area contributed by atoms with Crippen LogP contribution < -0.4 is 5.32 Å². The van der Waals surface area contributed by atoms with E-state index in [2.05, 4.69) is 37.9 Å². The van der Waals surface area contributed by atoms with Crippen molar-refractivity contribution >= 4 is 28.4 Å². The average Bonchev–Trinajstić information content (AvgIpc) is 2.90. The van der Waals surface area contributed by atoms with Crippen molar-refractivity contribution in [2.24, 2.45) is 0 Å². The van der Waals surface area contributed by atoms with E-state index in [0.29, 0.717) is 0 Å². The Kier molecular flexibility index (Phi) is 2.37. The number of hydrogen-bond acceptors (Lipinski definition) is 4. The molecule has 4 nitrogen and oxygen atoms in total. The van der Waals surface area contributed by atoms with Gasteiger partial charge in [0.25, 0.3) is 0 Å². The van der Waals surface area contributed by atoms with Crippen molar-refractivity contribution in [3.63, 3.8) is 0 Å². The van der Waals surface area contributed by atoms with E-state index in [9.17, 15) is 0 Å². The van der Waals surface area contributed by atoms with Gasteiger partial charge >= 0.3 is 0 Å². The van der Waals surface area contributed by atoms with Gasteiger partial charge in [0, 0.05) is 6.20 Å². The van der Waals surface area contributed by atoms with E-state index in [1.165, 1.54) is 6.33 Å². The maximum absolute atomic E-state index is 9.10. The molecule has 0 atom stereocenters. The molecule has 1 aliphatic rings. The average molecular weight is 291 g/mol. The second-order valence-corrected chi connectivity index (χ2v) is 4.44. The number of nitrogens with zero attached hydrogens (tertiary/aromatic N) is 2. The number of rotatable bonds is 3. The fraction of sp³-hybridized carbons (Fsp3) is 0.500. The van der Waals surface area contributed by atoms with E-state index in [0.717, 1.165) is 22.2 Å². The fourth-order valence-electron chi connectivity index (χ4n) is 1.13. The SMILES string of the molecule is OCC1(Nc2ncncc2I)CC1. The van der Waals surface area contributed by atoms with E-state index in [-0.39, 0.29) is 12.1 Å². The highest BCUT2D eigenvalue weighted by atomic mass is 127. The summed E-state index contributed by atoms with van der Waals surface area (Å²) >= 11 is 2.18.